The van der Waals surface area contributed by atoms with Crippen molar-refractivity contribution in [3.63, 3.8) is 0 Å². The van der Waals surface area contributed by atoms with E-state index in [0.29, 0.717) is 12.5 Å². The first-order valence-electron chi connectivity index (χ1n) is 12.6. The molecule has 1 amide bonds. The number of hydrogen-bond acceptors (Lipinski definition) is 7. The normalized spacial score (nSPS) is 16.5. The number of rotatable bonds is 8. The summed E-state index contributed by atoms with van der Waals surface area (Å²) in [6, 6.07) is 15.1. The van der Waals surface area contributed by atoms with Crippen molar-refractivity contribution in [2.24, 2.45) is 5.92 Å². The van der Waals surface area contributed by atoms with Gasteiger partial charge in [0.2, 0.25) is 0 Å². The van der Waals surface area contributed by atoms with Gasteiger partial charge in [0.05, 0.1) is 16.9 Å². The van der Waals surface area contributed by atoms with E-state index in [-0.39, 0.29) is 12.7 Å². The van der Waals surface area contributed by atoms with Crippen molar-refractivity contribution in [1.82, 2.24) is 15.3 Å². The molecule has 5 rings (SSSR count). The van der Waals surface area contributed by atoms with Crippen LogP contribution in [0.3, 0.4) is 0 Å². The number of nitrogens with one attached hydrogen (secondary N) is 1. The van der Waals surface area contributed by atoms with Gasteiger partial charge in [0.15, 0.2) is 0 Å². The largest absolute Gasteiger partial charge is 0.443 e. The molecule has 0 spiro atoms. The molecule has 0 aliphatic carbocycles. The number of thiazole rings is 1. The molecule has 8 heteroatoms. The number of pyridine rings is 1. The number of carbonyl (C=O) groups excluding carboxylic acids is 1. The first kappa shape index (κ1) is 23.6. The lowest BCUT2D eigenvalue weighted by molar-refractivity contribution is 0.137. The van der Waals surface area contributed by atoms with Gasteiger partial charge in [-0.3, -0.25) is 0 Å². The molecule has 35 heavy (non-hydrogen) atoms. The minimum Gasteiger partial charge on any atom is -0.443 e. The number of amides is 1. The number of ether oxygens (including phenoxy) is 1. The Bertz CT molecular complexity index is 1090. The summed E-state index contributed by atoms with van der Waals surface area (Å²) >= 11 is 1.50. The molecule has 0 radical (unpaired) electrons. The predicted octanol–water partition coefficient (Wildman–Crippen LogP) is 5.34. The van der Waals surface area contributed by atoms with Gasteiger partial charge in [-0.15, -0.1) is 11.3 Å². The summed E-state index contributed by atoms with van der Waals surface area (Å²) in [5.41, 5.74) is 6.04. The Hall–Kier alpha value is -3.13. The minimum absolute atomic E-state index is 0.225. The number of piperidine rings is 1. The van der Waals surface area contributed by atoms with E-state index in [1.165, 1.54) is 35.4 Å². The Kier molecular flexibility index (Phi) is 7.78. The highest BCUT2D eigenvalue weighted by atomic mass is 32.1. The molecule has 2 aromatic heterocycles. The molecule has 0 atom stereocenters. The molecule has 2 fully saturated rings. The third kappa shape index (κ3) is 6.31. The smallest absolute Gasteiger partial charge is 0.407 e. The molecule has 0 bridgehead atoms. The van der Waals surface area contributed by atoms with E-state index in [9.17, 15) is 4.79 Å². The topological polar surface area (TPSA) is 70.6 Å². The first-order chi connectivity index (χ1) is 17.2. The van der Waals surface area contributed by atoms with E-state index >= 15 is 0 Å². The molecule has 0 unspecified atom stereocenters. The number of aromatic nitrogens is 2. The van der Waals surface area contributed by atoms with Gasteiger partial charge < -0.3 is 19.9 Å². The van der Waals surface area contributed by atoms with E-state index in [1.807, 2.05) is 5.38 Å². The Morgan fingerprint density at radius 2 is 1.89 bits per heavy atom. The molecular weight excluding hydrogens is 458 g/mol. The lowest BCUT2D eigenvalue weighted by Gasteiger charge is -2.33. The highest BCUT2D eigenvalue weighted by Gasteiger charge is 2.21. The maximum Gasteiger partial charge on any atom is 0.407 e. The lowest BCUT2D eigenvalue weighted by atomic mass is 9.93. The van der Waals surface area contributed by atoms with Crippen LogP contribution in [-0.2, 0) is 11.3 Å². The number of carbonyl (C=O) groups is 1. The lowest BCUT2D eigenvalue weighted by Crippen LogP contribution is -2.35. The molecular formula is C27H33N5O2S. The van der Waals surface area contributed by atoms with E-state index < -0.39 is 0 Å². The second-order valence-corrected chi connectivity index (χ2v) is 10.0. The molecule has 1 aromatic carbocycles. The van der Waals surface area contributed by atoms with Gasteiger partial charge in [0, 0.05) is 49.4 Å². The van der Waals surface area contributed by atoms with Crippen molar-refractivity contribution < 1.29 is 9.53 Å². The summed E-state index contributed by atoms with van der Waals surface area (Å²) in [5.74, 6) is 1.65. The van der Waals surface area contributed by atoms with Crippen molar-refractivity contribution in [3.05, 3.63) is 59.0 Å². The Morgan fingerprint density at radius 3 is 2.69 bits per heavy atom. The van der Waals surface area contributed by atoms with Crippen molar-refractivity contribution in [2.75, 3.05) is 42.5 Å². The summed E-state index contributed by atoms with van der Waals surface area (Å²) in [6.45, 7) is 5.14. The van der Waals surface area contributed by atoms with Gasteiger partial charge in [-0.2, -0.15) is 0 Å². The Balaban J connectivity index is 1.09. The number of hydrogen-bond donors (Lipinski definition) is 1. The summed E-state index contributed by atoms with van der Waals surface area (Å²) in [7, 11) is 0. The van der Waals surface area contributed by atoms with Crippen LogP contribution >= 0.6 is 11.3 Å². The van der Waals surface area contributed by atoms with E-state index in [4.69, 9.17) is 9.72 Å². The van der Waals surface area contributed by atoms with Crippen molar-refractivity contribution in [1.29, 1.82) is 0 Å². The molecule has 184 valence electrons. The van der Waals surface area contributed by atoms with Crippen LogP contribution in [0.15, 0.2) is 53.4 Å². The second kappa shape index (κ2) is 11.5. The van der Waals surface area contributed by atoms with Crippen LogP contribution < -0.4 is 15.1 Å². The number of benzene rings is 1. The third-order valence-corrected chi connectivity index (χ3v) is 7.58. The fourth-order valence-electron chi connectivity index (χ4n) is 4.93. The number of nitrogens with zero attached hydrogens (tertiary/aromatic N) is 4. The van der Waals surface area contributed by atoms with Crippen LogP contribution in [0.5, 0.6) is 0 Å². The van der Waals surface area contributed by atoms with Crippen LogP contribution in [0, 0.1) is 5.92 Å². The summed E-state index contributed by atoms with van der Waals surface area (Å²) in [5, 5.41) is 4.76. The van der Waals surface area contributed by atoms with Crippen LogP contribution in [-0.4, -0.2) is 48.8 Å². The summed E-state index contributed by atoms with van der Waals surface area (Å²) in [6.07, 6.45) is 5.36. The van der Waals surface area contributed by atoms with E-state index in [1.54, 1.807) is 5.51 Å². The quantitative estimate of drug-likeness (QED) is 0.459. The second-order valence-electron chi connectivity index (χ2n) is 9.33. The molecule has 7 nitrogen and oxygen atoms in total. The van der Waals surface area contributed by atoms with Crippen molar-refractivity contribution in [2.45, 2.75) is 38.7 Å². The highest BCUT2D eigenvalue weighted by molar-refractivity contribution is 7.07. The minimum atomic E-state index is -0.370. The van der Waals surface area contributed by atoms with Crippen molar-refractivity contribution in [3.8, 4) is 11.3 Å². The highest BCUT2D eigenvalue weighted by Crippen LogP contribution is 2.29. The maximum atomic E-state index is 11.9. The average Bonchev–Trinajstić information content (AvgIpc) is 3.63. The van der Waals surface area contributed by atoms with Crippen LogP contribution in [0.2, 0.25) is 0 Å². The van der Waals surface area contributed by atoms with E-state index in [2.05, 4.69) is 62.6 Å². The van der Waals surface area contributed by atoms with Crippen LogP contribution in [0.4, 0.5) is 16.3 Å². The summed E-state index contributed by atoms with van der Waals surface area (Å²) in [4.78, 5) is 25.9. The van der Waals surface area contributed by atoms with Crippen molar-refractivity contribution >= 4 is 28.9 Å². The molecule has 1 N–H and O–H groups in total. The zero-order valence-corrected chi connectivity index (χ0v) is 20.9. The van der Waals surface area contributed by atoms with Gasteiger partial charge in [-0.05, 0) is 62.3 Å². The molecule has 3 aromatic rings. The molecule has 4 heterocycles. The molecule has 2 aliphatic heterocycles. The van der Waals surface area contributed by atoms with Crippen LogP contribution in [0.25, 0.3) is 11.3 Å². The maximum absolute atomic E-state index is 11.9. The van der Waals surface area contributed by atoms with Gasteiger partial charge >= 0.3 is 6.09 Å². The van der Waals surface area contributed by atoms with Gasteiger partial charge in [-0.25, -0.2) is 14.8 Å². The molecule has 0 saturated carbocycles. The van der Waals surface area contributed by atoms with Crippen LogP contribution in [0.1, 0.15) is 37.8 Å². The first-order valence-corrected chi connectivity index (χ1v) is 13.5. The fourth-order valence-corrected chi connectivity index (χ4v) is 5.47. The fraction of sp³-hybridized carbons (Fsp3) is 0.444. The Morgan fingerprint density at radius 1 is 1.06 bits per heavy atom. The Labute approximate surface area is 211 Å². The monoisotopic (exact) mass is 491 g/mol. The number of anilines is 2. The third-order valence-electron chi connectivity index (χ3n) is 6.94. The zero-order chi connectivity index (χ0) is 23.9. The predicted molar refractivity (Wildman–Crippen MR) is 141 cm³/mol. The molecule has 2 aliphatic rings. The zero-order valence-electron chi connectivity index (χ0n) is 20.1. The van der Waals surface area contributed by atoms with Gasteiger partial charge in [0.1, 0.15) is 12.4 Å². The number of alkyl carbamates (subject to hydrolysis) is 1. The standard InChI is InChI=1S/C27H33N5O2S/c33-27(34-18-23-19-35-20-29-23)28-12-9-21-10-15-32(16-11-21)26-8-4-7-25(30-26)22-5-3-6-24(17-22)31-13-1-2-14-31/h3-8,17,19-21H,1-2,9-16,18H2,(H,28,33). The van der Waals surface area contributed by atoms with Gasteiger partial charge in [0.25, 0.3) is 0 Å². The SMILES string of the molecule is O=C(NCCC1CCN(c2cccc(-c3cccc(N4CCCC4)c3)n2)CC1)OCc1cscn1. The van der Waals surface area contributed by atoms with Gasteiger partial charge in [-0.1, -0.05) is 18.2 Å². The molecule has 2 saturated heterocycles. The average molecular weight is 492 g/mol. The van der Waals surface area contributed by atoms with E-state index in [0.717, 1.165) is 62.6 Å². The summed E-state index contributed by atoms with van der Waals surface area (Å²) < 4.78 is 5.21.